The van der Waals surface area contributed by atoms with Crippen molar-refractivity contribution in [3.05, 3.63) is 12.2 Å². The number of allylic oxidation sites excluding steroid dienone is 2. The Labute approximate surface area is 155 Å². The number of piperidine rings is 1. The summed E-state index contributed by atoms with van der Waals surface area (Å²) in [6.45, 7) is 6.06. The van der Waals surface area contributed by atoms with Gasteiger partial charge in [0.05, 0.1) is 11.8 Å². The average Bonchev–Trinajstić information content (AvgIpc) is 3.30. The van der Waals surface area contributed by atoms with Gasteiger partial charge in [-0.05, 0) is 63.1 Å². The highest BCUT2D eigenvalue weighted by molar-refractivity contribution is 6.08. The normalized spacial score (nSPS) is 34.0. The van der Waals surface area contributed by atoms with Crippen LogP contribution in [0.4, 0.5) is 0 Å². The molecule has 6 heteroatoms. The lowest BCUT2D eigenvalue weighted by atomic mass is 9.85. The van der Waals surface area contributed by atoms with E-state index in [1.807, 2.05) is 0 Å². The predicted octanol–water partition coefficient (Wildman–Crippen LogP) is 1.03. The molecule has 2 heterocycles. The van der Waals surface area contributed by atoms with E-state index >= 15 is 0 Å². The standard InChI is InChI=1S/C20H29N3O3/c1-13-5-9-22(10-6-13)8-2-7-21-16(24)12-23-19(25)17-14-3-4-15(11-14)18(17)20(23)26/h3-4,13-15,17-18H,2,5-12H2,1H3,(H,21,24)/t14-,15-,17-,18+/m0/s1. The summed E-state index contributed by atoms with van der Waals surface area (Å²) in [6.07, 6.45) is 8.47. The summed E-state index contributed by atoms with van der Waals surface area (Å²) in [5, 5.41) is 2.88. The van der Waals surface area contributed by atoms with Crippen LogP contribution in [0.15, 0.2) is 12.2 Å². The number of carbonyl (C=O) groups is 3. The second-order valence-electron chi connectivity index (χ2n) is 8.49. The topological polar surface area (TPSA) is 69.7 Å². The van der Waals surface area contributed by atoms with Crippen LogP contribution in [0.2, 0.25) is 0 Å². The monoisotopic (exact) mass is 359 g/mol. The predicted molar refractivity (Wildman–Crippen MR) is 96.9 cm³/mol. The molecule has 0 spiro atoms. The van der Waals surface area contributed by atoms with Gasteiger partial charge in [0.25, 0.3) is 0 Å². The number of hydrogen-bond acceptors (Lipinski definition) is 4. The van der Waals surface area contributed by atoms with Gasteiger partial charge in [-0.1, -0.05) is 19.1 Å². The van der Waals surface area contributed by atoms with E-state index in [0.717, 1.165) is 38.4 Å². The molecular formula is C20H29N3O3. The maximum atomic E-state index is 12.6. The molecule has 4 atom stereocenters. The number of nitrogens with one attached hydrogen (secondary N) is 1. The highest BCUT2D eigenvalue weighted by atomic mass is 16.2. The van der Waals surface area contributed by atoms with Crippen molar-refractivity contribution in [2.45, 2.75) is 32.6 Å². The van der Waals surface area contributed by atoms with Crippen LogP contribution in [0.3, 0.4) is 0 Å². The van der Waals surface area contributed by atoms with E-state index in [4.69, 9.17) is 0 Å². The van der Waals surface area contributed by atoms with Crippen molar-refractivity contribution in [2.24, 2.45) is 29.6 Å². The van der Waals surface area contributed by atoms with E-state index in [1.54, 1.807) is 0 Å². The van der Waals surface area contributed by atoms with Gasteiger partial charge in [-0.15, -0.1) is 0 Å². The maximum absolute atomic E-state index is 12.6. The maximum Gasteiger partial charge on any atom is 0.240 e. The van der Waals surface area contributed by atoms with Crippen LogP contribution >= 0.6 is 0 Å². The molecule has 0 radical (unpaired) electrons. The zero-order valence-corrected chi connectivity index (χ0v) is 15.5. The molecule has 0 aromatic heterocycles. The fourth-order valence-corrected chi connectivity index (χ4v) is 5.14. The Bertz CT molecular complexity index is 594. The molecule has 0 unspecified atom stereocenters. The highest BCUT2D eigenvalue weighted by Crippen LogP contribution is 2.52. The van der Waals surface area contributed by atoms with Crippen LogP contribution in [0.25, 0.3) is 0 Å². The first kappa shape index (κ1) is 17.7. The summed E-state index contributed by atoms with van der Waals surface area (Å²) in [5.41, 5.74) is 0. The van der Waals surface area contributed by atoms with Crippen molar-refractivity contribution >= 4 is 17.7 Å². The smallest absolute Gasteiger partial charge is 0.240 e. The molecule has 3 fully saturated rings. The quantitative estimate of drug-likeness (QED) is 0.437. The van der Waals surface area contributed by atoms with Crippen molar-refractivity contribution in [3.63, 3.8) is 0 Å². The summed E-state index contributed by atoms with van der Waals surface area (Å²) >= 11 is 0. The fraction of sp³-hybridized carbons (Fsp3) is 0.750. The molecular weight excluding hydrogens is 330 g/mol. The summed E-state index contributed by atoms with van der Waals surface area (Å²) in [7, 11) is 0. The molecule has 2 aliphatic heterocycles. The molecule has 2 aliphatic carbocycles. The van der Waals surface area contributed by atoms with Crippen molar-refractivity contribution in [1.82, 2.24) is 15.1 Å². The Morgan fingerprint density at radius 2 is 1.73 bits per heavy atom. The van der Waals surface area contributed by atoms with Crippen molar-refractivity contribution < 1.29 is 14.4 Å². The van der Waals surface area contributed by atoms with Gasteiger partial charge in [0, 0.05) is 6.54 Å². The summed E-state index contributed by atoms with van der Waals surface area (Å²) in [5.74, 6) is 0.275. The van der Waals surface area contributed by atoms with Crippen LogP contribution in [-0.2, 0) is 14.4 Å². The van der Waals surface area contributed by atoms with Crippen LogP contribution in [0.5, 0.6) is 0 Å². The molecule has 0 aromatic carbocycles. The molecule has 1 N–H and O–H groups in total. The van der Waals surface area contributed by atoms with Gasteiger partial charge in [0.2, 0.25) is 17.7 Å². The number of rotatable bonds is 6. The number of likely N-dealkylation sites (tertiary alicyclic amines) is 2. The Kier molecular flexibility index (Phi) is 4.86. The third kappa shape index (κ3) is 3.20. The van der Waals surface area contributed by atoms with Gasteiger partial charge in [0.1, 0.15) is 6.54 Å². The first-order chi connectivity index (χ1) is 12.5. The zero-order valence-electron chi connectivity index (χ0n) is 15.5. The van der Waals surface area contributed by atoms with E-state index < -0.39 is 0 Å². The molecule has 4 rings (SSSR count). The Hall–Kier alpha value is -1.69. The lowest BCUT2D eigenvalue weighted by Crippen LogP contribution is -2.42. The number of amides is 3. The molecule has 2 saturated heterocycles. The number of hydrogen-bond donors (Lipinski definition) is 1. The van der Waals surface area contributed by atoms with E-state index in [9.17, 15) is 14.4 Å². The minimum atomic E-state index is -0.223. The number of nitrogens with zero attached hydrogens (tertiary/aromatic N) is 2. The first-order valence-electron chi connectivity index (χ1n) is 10.1. The molecule has 3 amide bonds. The Morgan fingerprint density at radius 1 is 1.12 bits per heavy atom. The lowest BCUT2D eigenvalue weighted by Gasteiger charge is -2.30. The second kappa shape index (κ2) is 7.14. The molecule has 142 valence electrons. The molecule has 6 nitrogen and oxygen atoms in total. The minimum Gasteiger partial charge on any atom is -0.354 e. The van der Waals surface area contributed by atoms with Crippen molar-refractivity contribution in [2.75, 3.05) is 32.7 Å². The van der Waals surface area contributed by atoms with Crippen LogP contribution in [-0.4, -0.2) is 60.2 Å². The first-order valence-corrected chi connectivity index (χ1v) is 10.1. The number of imide groups is 1. The number of carbonyl (C=O) groups excluding carboxylic acids is 3. The zero-order chi connectivity index (χ0) is 18.3. The van der Waals surface area contributed by atoms with Gasteiger partial charge in [0.15, 0.2) is 0 Å². The SMILES string of the molecule is CC1CCN(CCCNC(=O)CN2C(=O)[C@@H]3[C@H](C2=O)[C@H]2C=C[C@H]3C2)CC1. The van der Waals surface area contributed by atoms with Crippen molar-refractivity contribution in [1.29, 1.82) is 0 Å². The summed E-state index contributed by atoms with van der Waals surface area (Å²) < 4.78 is 0. The van der Waals surface area contributed by atoms with Gasteiger partial charge in [-0.2, -0.15) is 0 Å². The number of fused-ring (bicyclic) bond motifs is 5. The third-order valence-corrected chi connectivity index (χ3v) is 6.71. The largest absolute Gasteiger partial charge is 0.354 e. The minimum absolute atomic E-state index is 0.120. The Morgan fingerprint density at radius 3 is 2.35 bits per heavy atom. The van der Waals surface area contributed by atoms with Crippen molar-refractivity contribution in [3.8, 4) is 0 Å². The Balaban J connectivity index is 1.20. The molecule has 26 heavy (non-hydrogen) atoms. The van der Waals surface area contributed by atoms with Crippen LogP contribution in [0.1, 0.15) is 32.6 Å². The van der Waals surface area contributed by atoms with Crippen LogP contribution < -0.4 is 5.32 Å². The van der Waals surface area contributed by atoms with Gasteiger partial charge in [-0.25, -0.2) is 0 Å². The second-order valence-corrected chi connectivity index (χ2v) is 8.49. The van der Waals surface area contributed by atoms with E-state index in [0.29, 0.717) is 6.54 Å². The van der Waals surface area contributed by atoms with Crippen LogP contribution in [0, 0.1) is 29.6 Å². The fourth-order valence-electron chi connectivity index (χ4n) is 5.14. The van der Waals surface area contributed by atoms with E-state index in [-0.39, 0.29) is 47.9 Å². The molecule has 1 saturated carbocycles. The molecule has 4 aliphatic rings. The lowest BCUT2D eigenvalue weighted by molar-refractivity contribution is -0.144. The summed E-state index contributed by atoms with van der Waals surface area (Å²) in [4.78, 5) is 41.0. The summed E-state index contributed by atoms with van der Waals surface area (Å²) in [6, 6.07) is 0. The molecule has 0 aromatic rings. The highest BCUT2D eigenvalue weighted by Gasteiger charge is 2.59. The average molecular weight is 359 g/mol. The third-order valence-electron chi connectivity index (χ3n) is 6.71. The van der Waals surface area contributed by atoms with E-state index in [2.05, 4.69) is 29.3 Å². The molecule has 2 bridgehead atoms. The van der Waals surface area contributed by atoms with Gasteiger partial charge < -0.3 is 10.2 Å². The van der Waals surface area contributed by atoms with Gasteiger partial charge >= 0.3 is 0 Å². The van der Waals surface area contributed by atoms with Gasteiger partial charge in [-0.3, -0.25) is 19.3 Å². The van der Waals surface area contributed by atoms with E-state index in [1.165, 1.54) is 17.7 Å².